The monoisotopic (exact) mass is 446 g/mol. The lowest BCUT2D eigenvalue weighted by Gasteiger charge is -2.38. The second kappa shape index (κ2) is 12.7. The molecule has 1 nitrogen and oxygen atoms in total. The fraction of sp³-hybridized carbons (Fsp3) is 0.625. The largest absolute Gasteiger partial charge is 0.396 e. The Morgan fingerprint density at radius 3 is 1.82 bits per heavy atom. The van der Waals surface area contributed by atoms with Gasteiger partial charge < -0.3 is 5.11 Å². The Bertz CT molecular complexity index is 789. The summed E-state index contributed by atoms with van der Waals surface area (Å²) in [5.41, 5.74) is 5.62. The van der Waals surface area contributed by atoms with Gasteiger partial charge in [-0.1, -0.05) is 87.6 Å². The predicted molar refractivity (Wildman–Crippen MR) is 142 cm³/mol. The molecule has 0 heterocycles. The van der Waals surface area contributed by atoms with Gasteiger partial charge in [-0.15, -0.1) is 0 Å². The molecule has 2 aliphatic carbocycles. The Balaban J connectivity index is 1.24. The van der Waals surface area contributed by atoms with E-state index in [1.807, 2.05) is 0 Å². The Labute approximate surface area is 203 Å². The van der Waals surface area contributed by atoms with E-state index in [2.05, 4.69) is 55.5 Å². The van der Waals surface area contributed by atoms with E-state index < -0.39 is 0 Å². The molecule has 180 valence electrons. The molecule has 0 aromatic heterocycles. The minimum Gasteiger partial charge on any atom is -0.396 e. The summed E-state index contributed by atoms with van der Waals surface area (Å²) in [4.78, 5) is 0. The van der Waals surface area contributed by atoms with Crippen LogP contribution in [0.2, 0.25) is 0 Å². The van der Waals surface area contributed by atoms with E-state index in [0.29, 0.717) is 6.61 Å². The van der Waals surface area contributed by atoms with Crippen molar-refractivity contribution in [1.29, 1.82) is 0 Å². The van der Waals surface area contributed by atoms with Crippen molar-refractivity contribution in [3.63, 3.8) is 0 Å². The predicted octanol–water partition coefficient (Wildman–Crippen LogP) is 8.94. The van der Waals surface area contributed by atoms with Gasteiger partial charge in [0.15, 0.2) is 0 Å². The molecule has 2 aromatic carbocycles. The molecule has 1 N–H and O–H groups in total. The highest BCUT2D eigenvalue weighted by molar-refractivity contribution is 5.64. The number of unbranched alkanes of at least 4 members (excludes halogenated alkanes) is 2. The van der Waals surface area contributed by atoms with Crippen molar-refractivity contribution in [3.8, 4) is 11.1 Å². The minimum absolute atomic E-state index is 0.316. The van der Waals surface area contributed by atoms with Crippen LogP contribution in [0.4, 0.5) is 0 Å². The van der Waals surface area contributed by atoms with Crippen molar-refractivity contribution in [2.24, 2.45) is 17.8 Å². The topological polar surface area (TPSA) is 20.2 Å². The summed E-state index contributed by atoms with van der Waals surface area (Å²) >= 11 is 0. The molecule has 0 saturated heterocycles. The lowest BCUT2D eigenvalue weighted by atomic mass is 9.68. The summed E-state index contributed by atoms with van der Waals surface area (Å²) in [5, 5.41) is 8.92. The van der Waals surface area contributed by atoms with Crippen LogP contribution in [-0.2, 0) is 6.42 Å². The highest BCUT2D eigenvalue weighted by Gasteiger charge is 2.31. The zero-order chi connectivity index (χ0) is 22.9. The number of aryl methyl sites for hydroxylation is 1. The van der Waals surface area contributed by atoms with E-state index in [1.54, 1.807) is 5.56 Å². The molecular formula is C32H46O. The summed E-state index contributed by atoms with van der Waals surface area (Å²) in [6.45, 7) is 2.66. The average Bonchev–Trinajstić information content (AvgIpc) is 2.88. The van der Waals surface area contributed by atoms with Crippen LogP contribution in [-0.4, -0.2) is 11.7 Å². The molecule has 0 atom stereocenters. The second-order valence-corrected chi connectivity index (χ2v) is 11.0. The fourth-order valence-corrected chi connectivity index (χ4v) is 6.71. The smallest absolute Gasteiger partial charge is 0.0431 e. The summed E-state index contributed by atoms with van der Waals surface area (Å²) in [7, 11) is 0. The van der Waals surface area contributed by atoms with Crippen molar-refractivity contribution in [2.75, 3.05) is 6.61 Å². The molecule has 0 unspecified atom stereocenters. The van der Waals surface area contributed by atoms with Crippen LogP contribution in [0.5, 0.6) is 0 Å². The van der Waals surface area contributed by atoms with E-state index in [1.165, 1.54) is 80.9 Å². The van der Waals surface area contributed by atoms with Gasteiger partial charge in [0.1, 0.15) is 0 Å². The van der Waals surface area contributed by atoms with Crippen LogP contribution in [0.15, 0.2) is 48.5 Å². The first-order valence-corrected chi connectivity index (χ1v) is 14.1. The molecule has 2 aromatic rings. The van der Waals surface area contributed by atoms with Crippen molar-refractivity contribution in [2.45, 2.75) is 103 Å². The molecule has 0 radical (unpaired) electrons. The van der Waals surface area contributed by atoms with Crippen molar-refractivity contribution in [1.82, 2.24) is 0 Å². The molecule has 0 aliphatic heterocycles. The number of aliphatic hydroxyl groups is 1. The molecule has 0 spiro atoms. The Kier molecular flexibility index (Phi) is 9.47. The molecule has 2 aliphatic rings. The molecule has 1 heteroatoms. The molecule has 2 fully saturated rings. The van der Waals surface area contributed by atoms with E-state index in [9.17, 15) is 0 Å². The number of benzene rings is 2. The zero-order valence-corrected chi connectivity index (χ0v) is 21.0. The van der Waals surface area contributed by atoms with Crippen molar-refractivity contribution < 1.29 is 5.11 Å². The lowest BCUT2D eigenvalue weighted by Crippen LogP contribution is -2.25. The van der Waals surface area contributed by atoms with Gasteiger partial charge in [0.25, 0.3) is 0 Å². The van der Waals surface area contributed by atoms with Crippen LogP contribution < -0.4 is 0 Å². The van der Waals surface area contributed by atoms with Gasteiger partial charge in [0, 0.05) is 6.61 Å². The Morgan fingerprint density at radius 1 is 0.667 bits per heavy atom. The molecule has 0 bridgehead atoms. The third kappa shape index (κ3) is 6.95. The molecular weight excluding hydrogens is 400 g/mol. The zero-order valence-electron chi connectivity index (χ0n) is 21.0. The molecule has 4 rings (SSSR count). The summed E-state index contributed by atoms with van der Waals surface area (Å²) < 4.78 is 0. The maximum atomic E-state index is 8.92. The first-order valence-electron chi connectivity index (χ1n) is 14.1. The van der Waals surface area contributed by atoms with Gasteiger partial charge in [0.2, 0.25) is 0 Å². The number of rotatable bonds is 10. The fourth-order valence-electron chi connectivity index (χ4n) is 6.71. The van der Waals surface area contributed by atoms with Gasteiger partial charge in [-0.25, -0.2) is 0 Å². The number of hydrogen-bond donors (Lipinski definition) is 1. The Morgan fingerprint density at radius 2 is 1.24 bits per heavy atom. The van der Waals surface area contributed by atoms with Gasteiger partial charge in [0.05, 0.1) is 0 Å². The first kappa shape index (κ1) is 24.5. The van der Waals surface area contributed by atoms with Crippen LogP contribution in [0.3, 0.4) is 0 Å². The van der Waals surface area contributed by atoms with Crippen molar-refractivity contribution >= 4 is 0 Å². The lowest BCUT2D eigenvalue weighted by molar-refractivity contribution is 0.156. The van der Waals surface area contributed by atoms with Gasteiger partial charge in [-0.05, 0) is 104 Å². The van der Waals surface area contributed by atoms with E-state index in [-0.39, 0.29) is 0 Å². The summed E-state index contributed by atoms with van der Waals surface area (Å²) in [6, 6.07) is 18.6. The van der Waals surface area contributed by atoms with Crippen LogP contribution in [0.25, 0.3) is 11.1 Å². The second-order valence-electron chi connectivity index (χ2n) is 11.0. The molecule has 33 heavy (non-hydrogen) atoms. The van der Waals surface area contributed by atoms with Crippen LogP contribution in [0, 0.1) is 17.8 Å². The molecule has 0 amide bonds. The van der Waals surface area contributed by atoms with E-state index in [0.717, 1.165) is 49.4 Å². The normalized spacial score (nSPS) is 25.8. The standard InChI is InChI=1S/C32H46O/c1-2-6-25-8-12-27(13-9-25)29-16-20-31(21-17-29)32-22-18-30(19-23-32)28-14-10-26(11-15-28)7-4-3-5-24-33/h10-11,14-15,18-19,22-23,25,27,29,31,33H,2-9,12-13,16-17,20-21,24H2,1H3/t25-,27-,29-,31-. The highest BCUT2D eigenvalue weighted by atomic mass is 16.2. The van der Waals surface area contributed by atoms with Gasteiger partial charge in [-0.2, -0.15) is 0 Å². The highest BCUT2D eigenvalue weighted by Crippen LogP contribution is 2.44. The van der Waals surface area contributed by atoms with Crippen molar-refractivity contribution in [3.05, 3.63) is 59.7 Å². The van der Waals surface area contributed by atoms with Gasteiger partial charge in [-0.3, -0.25) is 0 Å². The van der Waals surface area contributed by atoms with E-state index in [4.69, 9.17) is 5.11 Å². The van der Waals surface area contributed by atoms with Crippen LogP contribution in [0.1, 0.15) is 107 Å². The average molecular weight is 447 g/mol. The maximum absolute atomic E-state index is 8.92. The maximum Gasteiger partial charge on any atom is 0.0431 e. The van der Waals surface area contributed by atoms with E-state index >= 15 is 0 Å². The summed E-state index contributed by atoms with van der Waals surface area (Å²) in [5.74, 6) is 3.84. The third-order valence-corrected chi connectivity index (χ3v) is 8.82. The Hall–Kier alpha value is -1.60. The number of aliphatic hydroxyl groups excluding tert-OH is 1. The summed E-state index contributed by atoms with van der Waals surface area (Å²) in [6.07, 6.45) is 18.9. The SMILES string of the molecule is CCC[C@H]1CC[C@H]([C@H]2CC[C@H](c3ccc(-c4ccc(CCCCCO)cc4)cc3)CC2)CC1. The minimum atomic E-state index is 0.316. The third-order valence-electron chi connectivity index (χ3n) is 8.82. The first-order chi connectivity index (χ1) is 16.3. The number of hydrogen-bond acceptors (Lipinski definition) is 1. The van der Waals surface area contributed by atoms with Gasteiger partial charge >= 0.3 is 0 Å². The quantitative estimate of drug-likeness (QED) is 0.361. The molecule has 2 saturated carbocycles. The van der Waals surface area contributed by atoms with Crippen LogP contribution >= 0.6 is 0 Å².